The monoisotopic (exact) mass is 228 g/mol. The molecule has 0 bridgehead atoms. The van der Waals surface area contributed by atoms with E-state index in [1.165, 1.54) is 0 Å². The Morgan fingerprint density at radius 3 is 3.00 bits per heavy atom. The number of carbonyl (C=O) groups is 1. The first-order valence-electron chi connectivity index (χ1n) is 5.76. The van der Waals surface area contributed by atoms with Gasteiger partial charge in [0.1, 0.15) is 0 Å². The van der Waals surface area contributed by atoms with Gasteiger partial charge in [-0.05, 0) is 19.2 Å². The Labute approximate surface area is 101 Å². The van der Waals surface area contributed by atoms with Crippen molar-refractivity contribution in [2.24, 2.45) is 5.92 Å². The number of aromatic nitrogens is 1. The second-order valence-electron chi connectivity index (χ2n) is 4.23. The van der Waals surface area contributed by atoms with E-state index in [9.17, 15) is 4.79 Å². The highest BCUT2D eigenvalue weighted by Gasteiger charge is 2.14. The molecule has 0 radical (unpaired) electrons. The van der Waals surface area contributed by atoms with Crippen LogP contribution in [0.4, 0.5) is 0 Å². The van der Waals surface area contributed by atoms with Crippen LogP contribution in [0.5, 0.6) is 0 Å². The second kappa shape index (κ2) is 5.06. The van der Waals surface area contributed by atoms with Crippen molar-refractivity contribution in [1.29, 1.82) is 0 Å². The molecule has 0 saturated carbocycles. The summed E-state index contributed by atoms with van der Waals surface area (Å²) < 4.78 is 0. The highest BCUT2D eigenvalue weighted by Crippen LogP contribution is 2.15. The van der Waals surface area contributed by atoms with Crippen LogP contribution in [0.15, 0.2) is 36.5 Å². The van der Waals surface area contributed by atoms with Gasteiger partial charge in [-0.1, -0.05) is 25.1 Å². The Hall–Kier alpha value is -1.74. The van der Waals surface area contributed by atoms with Crippen molar-refractivity contribution >= 4 is 16.7 Å². The molecule has 0 saturated heterocycles. The molecule has 0 aliphatic carbocycles. The number of hydrogen-bond donors (Lipinski definition) is 1. The zero-order valence-electron chi connectivity index (χ0n) is 10.1. The van der Waals surface area contributed by atoms with Gasteiger partial charge in [-0.3, -0.25) is 9.78 Å². The summed E-state index contributed by atoms with van der Waals surface area (Å²) in [6, 6.07) is 9.57. The highest BCUT2D eigenvalue weighted by molar-refractivity contribution is 6.00. The van der Waals surface area contributed by atoms with Gasteiger partial charge in [-0.25, -0.2) is 0 Å². The first-order valence-corrected chi connectivity index (χ1v) is 5.76. The van der Waals surface area contributed by atoms with Crippen molar-refractivity contribution < 1.29 is 4.79 Å². The first kappa shape index (κ1) is 11.7. The third-order valence-corrected chi connectivity index (χ3v) is 2.85. The fourth-order valence-electron chi connectivity index (χ4n) is 1.90. The SMILES string of the molecule is CNCC(C)C(=O)c1ccc2cccnc2c1. The summed E-state index contributed by atoms with van der Waals surface area (Å²) in [6.07, 6.45) is 1.74. The lowest BCUT2D eigenvalue weighted by Crippen LogP contribution is -2.23. The van der Waals surface area contributed by atoms with Gasteiger partial charge in [0.2, 0.25) is 0 Å². The summed E-state index contributed by atoms with van der Waals surface area (Å²) in [5.41, 5.74) is 1.61. The molecule has 1 heterocycles. The van der Waals surface area contributed by atoms with E-state index >= 15 is 0 Å². The van der Waals surface area contributed by atoms with Crippen molar-refractivity contribution in [1.82, 2.24) is 10.3 Å². The van der Waals surface area contributed by atoms with Crippen LogP contribution in [-0.2, 0) is 0 Å². The molecule has 0 amide bonds. The smallest absolute Gasteiger partial charge is 0.167 e. The Bertz CT molecular complexity index is 536. The van der Waals surface area contributed by atoms with Gasteiger partial charge >= 0.3 is 0 Å². The molecule has 1 unspecified atom stereocenters. The third kappa shape index (κ3) is 2.50. The number of ketones is 1. The first-order chi connectivity index (χ1) is 8.22. The summed E-state index contributed by atoms with van der Waals surface area (Å²) in [7, 11) is 1.85. The van der Waals surface area contributed by atoms with E-state index in [4.69, 9.17) is 0 Å². The summed E-state index contributed by atoms with van der Waals surface area (Å²) in [4.78, 5) is 16.4. The van der Waals surface area contributed by atoms with Gasteiger partial charge in [0.25, 0.3) is 0 Å². The lowest BCUT2D eigenvalue weighted by Gasteiger charge is -2.09. The van der Waals surface area contributed by atoms with E-state index in [1.807, 2.05) is 44.3 Å². The maximum absolute atomic E-state index is 12.1. The molecule has 2 rings (SSSR count). The molecule has 3 nitrogen and oxygen atoms in total. The normalized spacial score (nSPS) is 12.6. The van der Waals surface area contributed by atoms with Crippen molar-refractivity contribution in [3.8, 4) is 0 Å². The number of Topliss-reactive ketones (excluding diaryl/α,β-unsaturated/α-hetero) is 1. The van der Waals surface area contributed by atoms with Crippen LogP contribution >= 0.6 is 0 Å². The molecule has 1 aromatic carbocycles. The average Bonchev–Trinajstić information content (AvgIpc) is 2.37. The van der Waals surface area contributed by atoms with Crippen molar-refractivity contribution in [2.45, 2.75) is 6.92 Å². The number of fused-ring (bicyclic) bond motifs is 1. The maximum Gasteiger partial charge on any atom is 0.167 e. The maximum atomic E-state index is 12.1. The predicted octanol–water partition coefficient (Wildman–Crippen LogP) is 2.27. The molecule has 88 valence electrons. The average molecular weight is 228 g/mol. The van der Waals surface area contributed by atoms with Crippen LogP contribution < -0.4 is 5.32 Å². The minimum atomic E-state index is -0.0128. The Morgan fingerprint density at radius 2 is 2.24 bits per heavy atom. The number of rotatable bonds is 4. The minimum Gasteiger partial charge on any atom is -0.319 e. The molecule has 17 heavy (non-hydrogen) atoms. The quantitative estimate of drug-likeness (QED) is 0.816. The summed E-state index contributed by atoms with van der Waals surface area (Å²) in [5, 5.41) is 4.08. The fourth-order valence-corrected chi connectivity index (χ4v) is 1.90. The molecule has 3 heteroatoms. The molecule has 1 N–H and O–H groups in total. The highest BCUT2D eigenvalue weighted by atomic mass is 16.1. The molecule has 0 fully saturated rings. The second-order valence-corrected chi connectivity index (χ2v) is 4.23. The van der Waals surface area contributed by atoms with Crippen LogP contribution in [0.25, 0.3) is 10.9 Å². The third-order valence-electron chi connectivity index (χ3n) is 2.85. The molecule has 0 aliphatic heterocycles. The van der Waals surface area contributed by atoms with Crippen molar-refractivity contribution in [3.63, 3.8) is 0 Å². The fraction of sp³-hybridized carbons (Fsp3) is 0.286. The molecule has 1 atom stereocenters. The van der Waals surface area contributed by atoms with Gasteiger partial charge in [-0.15, -0.1) is 0 Å². The summed E-state index contributed by atoms with van der Waals surface area (Å²) in [5.74, 6) is 0.146. The Morgan fingerprint density at radius 1 is 1.41 bits per heavy atom. The molecular formula is C14H16N2O. The molecule has 1 aromatic heterocycles. The zero-order valence-corrected chi connectivity index (χ0v) is 10.1. The lowest BCUT2D eigenvalue weighted by molar-refractivity contribution is 0.0930. The minimum absolute atomic E-state index is 0.0128. The standard InChI is InChI=1S/C14H16N2O/c1-10(9-15-2)14(17)12-6-5-11-4-3-7-16-13(11)8-12/h3-8,10,15H,9H2,1-2H3. The largest absolute Gasteiger partial charge is 0.319 e. The number of pyridine rings is 1. The van der Waals surface area contributed by atoms with Gasteiger partial charge in [0, 0.05) is 29.6 Å². The molecule has 2 aromatic rings. The molecule has 0 aliphatic rings. The molecular weight excluding hydrogens is 212 g/mol. The Balaban J connectivity index is 2.33. The van der Waals surface area contributed by atoms with Crippen LogP contribution in [-0.4, -0.2) is 24.4 Å². The van der Waals surface area contributed by atoms with E-state index in [0.717, 1.165) is 16.5 Å². The zero-order chi connectivity index (χ0) is 12.3. The van der Waals surface area contributed by atoms with Crippen LogP contribution in [0.1, 0.15) is 17.3 Å². The van der Waals surface area contributed by atoms with Crippen LogP contribution in [0.2, 0.25) is 0 Å². The lowest BCUT2D eigenvalue weighted by atomic mass is 9.98. The van der Waals surface area contributed by atoms with Crippen molar-refractivity contribution in [2.75, 3.05) is 13.6 Å². The number of nitrogens with zero attached hydrogens (tertiary/aromatic N) is 1. The number of hydrogen-bond acceptors (Lipinski definition) is 3. The van der Waals surface area contributed by atoms with Gasteiger partial charge in [-0.2, -0.15) is 0 Å². The van der Waals surface area contributed by atoms with Crippen LogP contribution in [0.3, 0.4) is 0 Å². The van der Waals surface area contributed by atoms with Gasteiger partial charge in [0.05, 0.1) is 5.52 Å². The van der Waals surface area contributed by atoms with Gasteiger partial charge < -0.3 is 5.32 Å². The van der Waals surface area contributed by atoms with Crippen molar-refractivity contribution in [3.05, 3.63) is 42.1 Å². The summed E-state index contributed by atoms with van der Waals surface area (Å²) in [6.45, 7) is 2.63. The van der Waals surface area contributed by atoms with Gasteiger partial charge in [0.15, 0.2) is 5.78 Å². The number of carbonyl (C=O) groups excluding carboxylic acids is 1. The topological polar surface area (TPSA) is 42.0 Å². The number of nitrogens with one attached hydrogen (secondary N) is 1. The Kier molecular flexibility index (Phi) is 3.49. The van der Waals surface area contributed by atoms with E-state index in [0.29, 0.717) is 6.54 Å². The molecule has 0 spiro atoms. The predicted molar refractivity (Wildman–Crippen MR) is 69.2 cm³/mol. The summed E-state index contributed by atoms with van der Waals surface area (Å²) >= 11 is 0. The van der Waals surface area contributed by atoms with E-state index in [2.05, 4.69) is 10.3 Å². The van der Waals surface area contributed by atoms with Crippen LogP contribution in [0, 0.1) is 5.92 Å². The number of benzene rings is 1. The van der Waals surface area contributed by atoms with E-state index in [1.54, 1.807) is 6.20 Å². The van der Waals surface area contributed by atoms with E-state index < -0.39 is 0 Å². The van der Waals surface area contributed by atoms with E-state index in [-0.39, 0.29) is 11.7 Å².